The van der Waals surface area contributed by atoms with Gasteiger partial charge in [0.25, 0.3) is 0 Å². The van der Waals surface area contributed by atoms with E-state index in [0.29, 0.717) is 18.7 Å². The van der Waals surface area contributed by atoms with E-state index in [1.807, 2.05) is 31.2 Å². The summed E-state index contributed by atoms with van der Waals surface area (Å²) in [4.78, 5) is 16.5. The number of carbonyl (C=O) groups is 1. The Bertz CT molecular complexity index is 654. The molecule has 5 heteroatoms. The van der Waals surface area contributed by atoms with Gasteiger partial charge in [0.1, 0.15) is 5.76 Å². The zero-order valence-corrected chi connectivity index (χ0v) is 15.0. The highest BCUT2D eigenvalue weighted by Crippen LogP contribution is 2.24. The highest BCUT2D eigenvalue weighted by Gasteiger charge is 2.22. The molecular weight excluding hydrogens is 344 g/mol. The van der Waals surface area contributed by atoms with Crippen LogP contribution in [0.4, 0.5) is 5.69 Å². The third-order valence-corrected chi connectivity index (χ3v) is 3.77. The minimum absolute atomic E-state index is 0.0320. The van der Waals surface area contributed by atoms with Crippen molar-refractivity contribution in [3.63, 3.8) is 0 Å². The van der Waals surface area contributed by atoms with Gasteiger partial charge in [0.15, 0.2) is 5.89 Å². The molecule has 1 aromatic heterocycles. The lowest BCUT2D eigenvalue weighted by atomic mass is 9.97. The van der Waals surface area contributed by atoms with Crippen molar-refractivity contribution in [1.82, 2.24) is 4.98 Å². The molecule has 22 heavy (non-hydrogen) atoms. The number of anilines is 1. The third kappa shape index (κ3) is 4.44. The summed E-state index contributed by atoms with van der Waals surface area (Å²) >= 11 is 3.37. The van der Waals surface area contributed by atoms with Crippen LogP contribution < -0.4 is 5.32 Å². The summed E-state index contributed by atoms with van der Waals surface area (Å²) in [6, 6.07) is 7.51. The van der Waals surface area contributed by atoms with E-state index in [1.165, 1.54) is 0 Å². The van der Waals surface area contributed by atoms with Crippen molar-refractivity contribution in [2.24, 2.45) is 0 Å². The van der Waals surface area contributed by atoms with Crippen LogP contribution in [0, 0.1) is 6.92 Å². The van der Waals surface area contributed by atoms with E-state index in [1.54, 1.807) is 0 Å². The van der Waals surface area contributed by atoms with Gasteiger partial charge in [-0.2, -0.15) is 0 Å². The molecule has 4 nitrogen and oxygen atoms in total. The number of amides is 1. The molecule has 0 aliphatic heterocycles. The number of aromatic nitrogens is 1. The Hall–Kier alpha value is -1.62. The minimum Gasteiger partial charge on any atom is -0.445 e. The van der Waals surface area contributed by atoms with E-state index in [-0.39, 0.29) is 11.3 Å². The Labute approximate surface area is 139 Å². The highest BCUT2D eigenvalue weighted by molar-refractivity contribution is 9.10. The van der Waals surface area contributed by atoms with Gasteiger partial charge in [-0.3, -0.25) is 4.79 Å². The molecule has 2 aromatic rings. The fourth-order valence-corrected chi connectivity index (χ4v) is 2.23. The van der Waals surface area contributed by atoms with E-state index in [2.05, 4.69) is 47.0 Å². The van der Waals surface area contributed by atoms with Gasteiger partial charge < -0.3 is 9.73 Å². The molecule has 0 atom stereocenters. The second-order valence-corrected chi connectivity index (χ2v) is 7.25. The number of nitrogens with one attached hydrogen (secondary N) is 1. The van der Waals surface area contributed by atoms with Gasteiger partial charge in [-0.1, -0.05) is 36.7 Å². The normalized spacial score (nSPS) is 11.5. The lowest BCUT2D eigenvalue weighted by Crippen LogP contribution is -2.12. The predicted molar refractivity (Wildman–Crippen MR) is 91.0 cm³/mol. The van der Waals surface area contributed by atoms with Gasteiger partial charge in [0.2, 0.25) is 5.91 Å². The number of aryl methyl sites for hydroxylation is 2. The standard InChI is InChI=1S/C17H21BrN2O2/c1-11-14(22-16(19-11)17(2,3)4)9-10-15(21)20-13-7-5-12(18)6-8-13/h5-8H,9-10H2,1-4H3,(H,20,21). The second kappa shape index (κ2) is 6.65. The monoisotopic (exact) mass is 364 g/mol. The number of hydrogen-bond acceptors (Lipinski definition) is 3. The Morgan fingerprint density at radius 2 is 1.91 bits per heavy atom. The first kappa shape index (κ1) is 16.7. The fraction of sp³-hybridized carbons (Fsp3) is 0.412. The Balaban J connectivity index is 1.94. The zero-order chi connectivity index (χ0) is 16.3. The van der Waals surface area contributed by atoms with Gasteiger partial charge in [-0.15, -0.1) is 0 Å². The summed E-state index contributed by atoms with van der Waals surface area (Å²) < 4.78 is 6.78. The van der Waals surface area contributed by atoms with E-state index < -0.39 is 0 Å². The van der Waals surface area contributed by atoms with Crippen molar-refractivity contribution in [3.8, 4) is 0 Å². The highest BCUT2D eigenvalue weighted by atomic mass is 79.9. The number of benzene rings is 1. The van der Waals surface area contributed by atoms with E-state index >= 15 is 0 Å². The number of carbonyl (C=O) groups excluding carboxylic acids is 1. The van der Waals surface area contributed by atoms with Crippen molar-refractivity contribution in [2.45, 2.75) is 46.0 Å². The maximum atomic E-state index is 12.0. The number of halogens is 1. The van der Waals surface area contributed by atoms with Crippen molar-refractivity contribution >= 4 is 27.5 Å². The van der Waals surface area contributed by atoms with Crippen molar-refractivity contribution < 1.29 is 9.21 Å². The molecule has 1 aromatic carbocycles. The van der Waals surface area contributed by atoms with E-state index in [4.69, 9.17) is 4.42 Å². The van der Waals surface area contributed by atoms with Crippen molar-refractivity contribution in [2.75, 3.05) is 5.32 Å². The quantitative estimate of drug-likeness (QED) is 0.861. The van der Waals surface area contributed by atoms with Gasteiger partial charge in [0.05, 0.1) is 5.69 Å². The summed E-state index contributed by atoms with van der Waals surface area (Å²) in [6.45, 7) is 8.09. The lowest BCUT2D eigenvalue weighted by Gasteiger charge is -2.12. The smallest absolute Gasteiger partial charge is 0.224 e. The van der Waals surface area contributed by atoms with Gasteiger partial charge in [-0.25, -0.2) is 4.98 Å². The van der Waals surface area contributed by atoms with Gasteiger partial charge >= 0.3 is 0 Å². The third-order valence-electron chi connectivity index (χ3n) is 3.24. The second-order valence-electron chi connectivity index (χ2n) is 6.33. The Morgan fingerprint density at radius 1 is 1.27 bits per heavy atom. The molecule has 0 bridgehead atoms. The van der Waals surface area contributed by atoms with Crippen LogP contribution in [0.3, 0.4) is 0 Å². The number of hydrogen-bond donors (Lipinski definition) is 1. The molecule has 0 aliphatic carbocycles. The molecule has 0 saturated carbocycles. The minimum atomic E-state index is -0.122. The summed E-state index contributed by atoms with van der Waals surface area (Å²) in [6.07, 6.45) is 0.924. The van der Waals surface area contributed by atoms with Crippen LogP contribution in [-0.2, 0) is 16.6 Å². The van der Waals surface area contributed by atoms with Crippen LogP contribution in [0.5, 0.6) is 0 Å². The number of nitrogens with zero attached hydrogens (tertiary/aromatic N) is 1. The number of rotatable bonds is 4. The van der Waals surface area contributed by atoms with Crippen LogP contribution in [0.1, 0.15) is 44.5 Å². The molecule has 118 valence electrons. The summed E-state index contributed by atoms with van der Waals surface area (Å²) in [7, 11) is 0. The zero-order valence-electron chi connectivity index (χ0n) is 13.4. The first-order valence-electron chi connectivity index (χ1n) is 7.28. The summed E-state index contributed by atoms with van der Waals surface area (Å²) in [5.41, 5.74) is 1.53. The molecule has 0 spiro atoms. The Morgan fingerprint density at radius 3 is 2.45 bits per heavy atom. The predicted octanol–water partition coefficient (Wildman–Crippen LogP) is 4.61. The molecule has 0 unspecified atom stereocenters. The summed E-state index contributed by atoms with van der Waals surface area (Å²) in [5, 5.41) is 2.87. The molecule has 0 fully saturated rings. The van der Waals surface area contributed by atoms with Crippen LogP contribution >= 0.6 is 15.9 Å². The molecule has 1 N–H and O–H groups in total. The van der Waals surface area contributed by atoms with Gasteiger partial charge in [0, 0.05) is 28.4 Å². The van der Waals surface area contributed by atoms with Crippen LogP contribution in [0.2, 0.25) is 0 Å². The van der Waals surface area contributed by atoms with Gasteiger partial charge in [-0.05, 0) is 31.2 Å². The SMILES string of the molecule is Cc1nc(C(C)(C)C)oc1CCC(=O)Nc1ccc(Br)cc1. The first-order valence-corrected chi connectivity index (χ1v) is 8.07. The van der Waals surface area contributed by atoms with E-state index in [9.17, 15) is 4.79 Å². The lowest BCUT2D eigenvalue weighted by molar-refractivity contribution is -0.116. The molecule has 0 aliphatic rings. The van der Waals surface area contributed by atoms with Crippen molar-refractivity contribution in [1.29, 1.82) is 0 Å². The van der Waals surface area contributed by atoms with Crippen LogP contribution in [-0.4, -0.2) is 10.9 Å². The largest absolute Gasteiger partial charge is 0.445 e. The fourth-order valence-electron chi connectivity index (χ4n) is 1.96. The summed E-state index contributed by atoms with van der Waals surface area (Å²) in [5.74, 6) is 1.47. The molecular formula is C17H21BrN2O2. The molecule has 1 heterocycles. The molecule has 2 rings (SSSR count). The van der Waals surface area contributed by atoms with Crippen LogP contribution in [0.25, 0.3) is 0 Å². The van der Waals surface area contributed by atoms with Crippen LogP contribution in [0.15, 0.2) is 33.2 Å². The first-order chi connectivity index (χ1) is 10.3. The maximum absolute atomic E-state index is 12.0. The topological polar surface area (TPSA) is 55.1 Å². The molecule has 1 amide bonds. The van der Waals surface area contributed by atoms with Crippen molar-refractivity contribution in [3.05, 3.63) is 46.1 Å². The number of oxazole rings is 1. The molecule has 0 saturated heterocycles. The molecule has 0 radical (unpaired) electrons. The Kier molecular flexibility index (Phi) is 5.06. The maximum Gasteiger partial charge on any atom is 0.224 e. The average Bonchev–Trinajstić information content (AvgIpc) is 2.80. The average molecular weight is 365 g/mol. The van der Waals surface area contributed by atoms with E-state index in [0.717, 1.165) is 21.6 Å².